The number of pyridine rings is 1. The van der Waals surface area contributed by atoms with Crippen LogP contribution in [0.15, 0.2) is 6.20 Å². The first-order chi connectivity index (χ1) is 8.30. The second-order valence-electron chi connectivity index (χ2n) is 2.86. The predicted molar refractivity (Wildman–Crippen MR) is 61.5 cm³/mol. The van der Waals surface area contributed by atoms with Gasteiger partial charge in [0.1, 0.15) is 3.57 Å². The van der Waals surface area contributed by atoms with Gasteiger partial charge in [0.05, 0.1) is 20.4 Å². The Balaban J connectivity index is 3.35. The fourth-order valence-electron chi connectivity index (χ4n) is 1.05. The number of hydrogen-bond donors (Lipinski definition) is 0. The first-order valence-corrected chi connectivity index (χ1v) is 5.44. The van der Waals surface area contributed by atoms with E-state index in [1.54, 1.807) is 22.6 Å². The SMILES string of the molecule is COC(=O)c1ncc(OC)c(I)c1OC(F)(F)F. The van der Waals surface area contributed by atoms with Crippen molar-refractivity contribution in [1.29, 1.82) is 0 Å². The number of aromatic nitrogens is 1. The van der Waals surface area contributed by atoms with Crippen molar-refractivity contribution >= 4 is 28.6 Å². The van der Waals surface area contributed by atoms with Crippen LogP contribution in [0.3, 0.4) is 0 Å². The second kappa shape index (κ2) is 5.59. The molecule has 0 spiro atoms. The van der Waals surface area contributed by atoms with Gasteiger partial charge in [-0.3, -0.25) is 0 Å². The van der Waals surface area contributed by atoms with Gasteiger partial charge in [-0.15, -0.1) is 13.2 Å². The van der Waals surface area contributed by atoms with Crippen LogP contribution in [0.1, 0.15) is 10.5 Å². The lowest BCUT2D eigenvalue weighted by atomic mass is 10.3. The molecule has 0 aliphatic rings. The number of rotatable bonds is 3. The number of carbonyl (C=O) groups is 1. The number of carbonyl (C=O) groups excluding carboxylic acids is 1. The zero-order valence-electron chi connectivity index (χ0n) is 9.17. The van der Waals surface area contributed by atoms with Gasteiger partial charge in [-0.05, 0) is 22.6 Å². The summed E-state index contributed by atoms with van der Waals surface area (Å²) in [5, 5.41) is 0. The maximum absolute atomic E-state index is 12.3. The minimum absolute atomic E-state index is 0.0252. The fourth-order valence-corrected chi connectivity index (χ4v) is 1.77. The van der Waals surface area contributed by atoms with Crippen molar-refractivity contribution in [1.82, 2.24) is 4.98 Å². The normalized spacial score (nSPS) is 11.0. The third kappa shape index (κ3) is 3.37. The molecule has 0 amide bonds. The molecule has 1 aromatic rings. The quantitative estimate of drug-likeness (QED) is 0.598. The van der Waals surface area contributed by atoms with Crippen molar-refractivity contribution < 1.29 is 32.2 Å². The Labute approximate surface area is 113 Å². The summed E-state index contributed by atoms with van der Waals surface area (Å²) in [7, 11) is 2.28. The summed E-state index contributed by atoms with van der Waals surface area (Å²) in [5.74, 6) is -1.72. The van der Waals surface area contributed by atoms with Crippen molar-refractivity contribution in [2.24, 2.45) is 0 Å². The van der Waals surface area contributed by atoms with E-state index in [2.05, 4.69) is 14.5 Å². The molecule has 0 fully saturated rings. The van der Waals surface area contributed by atoms with Gasteiger partial charge in [-0.2, -0.15) is 0 Å². The number of nitrogens with zero attached hydrogens (tertiary/aromatic N) is 1. The molecule has 0 aliphatic heterocycles. The van der Waals surface area contributed by atoms with E-state index in [4.69, 9.17) is 4.74 Å². The van der Waals surface area contributed by atoms with Crippen LogP contribution < -0.4 is 9.47 Å². The summed E-state index contributed by atoms with van der Waals surface area (Å²) >= 11 is 1.56. The molecule has 0 N–H and O–H groups in total. The van der Waals surface area contributed by atoms with Gasteiger partial charge in [-0.1, -0.05) is 0 Å². The molecule has 5 nitrogen and oxygen atoms in total. The molecule has 0 saturated carbocycles. The van der Waals surface area contributed by atoms with Gasteiger partial charge in [0.2, 0.25) is 0 Å². The molecule has 1 rings (SSSR count). The highest BCUT2D eigenvalue weighted by molar-refractivity contribution is 14.1. The van der Waals surface area contributed by atoms with Crippen LogP contribution in [0, 0.1) is 3.57 Å². The lowest BCUT2D eigenvalue weighted by Crippen LogP contribution is -2.21. The average Bonchev–Trinajstić information content (AvgIpc) is 2.29. The van der Waals surface area contributed by atoms with Gasteiger partial charge >= 0.3 is 12.3 Å². The largest absolute Gasteiger partial charge is 0.573 e. The summed E-state index contributed by atoms with van der Waals surface area (Å²) in [6.45, 7) is 0. The molecule has 0 aliphatic carbocycles. The standard InChI is InChI=1S/C9H7F3INO4/c1-16-4-3-14-6(8(15)17-2)7(5(4)13)18-9(10,11)12/h3H,1-2H3. The number of alkyl halides is 3. The molecule has 100 valence electrons. The summed E-state index contributed by atoms with van der Waals surface area (Å²) in [6, 6.07) is 0. The average molecular weight is 377 g/mol. The molecular formula is C9H7F3INO4. The van der Waals surface area contributed by atoms with E-state index in [0.717, 1.165) is 13.3 Å². The molecule has 1 heterocycles. The van der Waals surface area contributed by atoms with E-state index >= 15 is 0 Å². The molecule has 0 atom stereocenters. The van der Waals surface area contributed by atoms with Crippen LogP contribution in [0.5, 0.6) is 11.5 Å². The minimum atomic E-state index is -4.95. The first-order valence-electron chi connectivity index (χ1n) is 4.36. The van der Waals surface area contributed by atoms with Crippen LogP contribution in [0.25, 0.3) is 0 Å². The van der Waals surface area contributed by atoms with E-state index in [-0.39, 0.29) is 9.32 Å². The number of hydrogen-bond acceptors (Lipinski definition) is 5. The van der Waals surface area contributed by atoms with E-state index in [1.165, 1.54) is 7.11 Å². The van der Waals surface area contributed by atoms with Crippen LogP contribution in [0.2, 0.25) is 0 Å². The van der Waals surface area contributed by atoms with E-state index in [0.29, 0.717) is 0 Å². The van der Waals surface area contributed by atoms with Crippen molar-refractivity contribution in [2.45, 2.75) is 6.36 Å². The minimum Gasteiger partial charge on any atom is -0.494 e. The number of esters is 1. The predicted octanol–water partition coefficient (Wildman–Crippen LogP) is 2.38. The molecule has 1 aromatic heterocycles. The van der Waals surface area contributed by atoms with Gasteiger partial charge in [0, 0.05) is 0 Å². The molecule has 0 aromatic carbocycles. The summed E-state index contributed by atoms with van der Waals surface area (Å²) in [4.78, 5) is 14.8. The summed E-state index contributed by atoms with van der Waals surface area (Å²) < 4.78 is 49.7. The van der Waals surface area contributed by atoms with Crippen LogP contribution >= 0.6 is 22.6 Å². The molecule has 9 heteroatoms. The molecule has 18 heavy (non-hydrogen) atoms. The van der Waals surface area contributed by atoms with Crippen molar-refractivity contribution in [3.8, 4) is 11.5 Å². The van der Waals surface area contributed by atoms with E-state index in [9.17, 15) is 18.0 Å². The Morgan fingerprint density at radius 1 is 1.39 bits per heavy atom. The van der Waals surface area contributed by atoms with Gasteiger partial charge < -0.3 is 14.2 Å². The highest BCUT2D eigenvalue weighted by atomic mass is 127. The van der Waals surface area contributed by atoms with Crippen molar-refractivity contribution in [2.75, 3.05) is 14.2 Å². The molecule has 0 bridgehead atoms. The third-order valence-electron chi connectivity index (χ3n) is 1.76. The molecule has 0 radical (unpaired) electrons. The Morgan fingerprint density at radius 2 is 2.00 bits per heavy atom. The van der Waals surface area contributed by atoms with Crippen LogP contribution in [-0.2, 0) is 4.74 Å². The monoisotopic (exact) mass is 377 g/mol. The van der Waals surface area contributed by atoms with E-state index in [1.807, 2.05) is 0 Å². The lowest BCUT2D eigenvalue weighted by Gasteiger charge is -2.14. The highest BCUT2D eigenvalue weighted by Gasteiger charge is 2.35. The summed E-state index contributed by atoms with van der Waals surface area (Å²) in [5.41, 5.74) is -0.569. The van der Waals surface area contributed by atoms with Gasteiger partial charge in [-0.25, -0.2) is 9.78 Å². The third-order valence-corrected chi connectivity index (χ3v) is 2.78. The molecule has 0 saturated heterocycles. The maximum Gasteiger partial charge on any atom is 0.573 e. The Kier molecular flexibility index (Phi) is 4.59. The lowest BCUT2D eigenvalue weighted by molar-refractivity contribution is -0.275. The van der Waals surface area contributed by atoms with Crippen molar-refractivity contribution in [3.63, 3.8) is 0 Å². The first kappa shape index (κ1) is 14.8. The topological polar surface area (TPSA) is 57.7 Å². The van der Waals surface area contributed by atoms with Crippen LogP contribution in [0.4, 0.5) is 13.2 Å². The zero-order chi connectivity index (χ0) is 13.9. The maximum atomic E-state index is 12.3. The number of methoxy groups -OCH3 is 2. The van der Waals surface area contributed by atoms with Crippen LogP contribution in [-0.4, -0.2) is 31.5 Å². The smallest absolute Gasteiger partial charge is 0.494 e. The number of halogens is 4. The Morgan fingerprint density at radius 3 is 2.44 bits per heavy atom. The van der Waals surface area contributed by atoms with Gasteiger partial charge in [0.25, 0.3) is 0 Å². The van der Waals surface area contributed by atoms with Gasteiger partial charge in [0.15, 0.2) is 17.2 Å². The Hall–Kier alpha value is -1.26. The summed E-state index contributed by atoms with van der Waals surface area (Å²) in [6.07, 6.45) is -3.84. The second-order valence-corrected chi connectivity index (χ2v) is 3.94. The molecule has 0 unspecified atom stereocenters. The Bertz CT molecular complexity index is 464. The molecular weight excluding hydrogens is 370 g/mol. The fraction of sp³-hybridized carbons (Fsp3) is 0.333. The highest BCUT2D eigenvalue weighted by Crippen LogP contribution is 2.35. The van der Waals surface area contributed by atoms with E-state index < -0.39 is 23.8 Å². The number of ether oxygens (including phenoxy) is 3. The van der Waals surface area contributed by atoms with Crippen molar-refractivity contribution in [3.05, 3.63) is 15.5 Å². The zero-order valence-corrected chi connectivity index (χ0v) is 11.3.